The van der Waals surface area contributed by atoms with E-state index < -0.39 is 0 Å². The smallest absolute Gasteiger partial charge is 0.229 e. The summed E-state index contributed by atoms with van der Waals surface area (Å²) >= 11 is 1.58. The molecule has 7 heteroatoms. The number of likely N-dealkylation sites (N-methyl/N-ethyl adjacent to an activating group) is 1. The van der Waals surface area contributed by atoms with Crippen LogP contribution in [0.1, 0.15) is 55.3 Å². The highest BCUT2D eigenvalue weighted by atomic mass is 32.1. The highest BCUT2D eigenvalue weighted by molar-refractivity contribution is 7.09. The second-order valence-corrected chi connectivity index (χ2v) is 10.3. The molecule has 0 N–H and O–H groups in total. The lowest BCUT2D eigenvalue weighted by molar-refractivity contribution is -0.149. The number of hydrogen-bond acceptors (Lipinski definition) is 5. The van der Waals surface area contributed by atoms with Crippen molar-refractivity contribution >= 4 is 23.2 Å². The number of benzene rings is 1. The molecule has 0 bridgehead atoms. The van der Waals surface area contributed by atoms with Gasteiger partial charge in [-0.3, -0.25) is 9.59 Å². The summed E-state index contributed by atoms with van der Waals surface area (Å²) in [6, 6.07) is 8.25. The Labute approximate surface area is 200 Å². The van der Waals surface area contributed by atoms with Gasteiger partial charge in [-0.15, -0.1) is 11.3 Å². The zero-order valence-electron chi connectivity index (χ0n) is 19.8. The van der Waals surface area contributed by atoms with Crippen LogP contribution in [0, 0.1) is 12.3 Å². The maximum atomic E-state index is 13.7. The number of likely N-dealkylation sites (tertiary alicyclic amines) is 1. The van der Waals surface area contributed by atoms with E-state index in [-0.39, 0.29) is 17.2 Å². The molecule has 2 aliphatic heterocycles. The van der Waals surface area contributed by atoms with Crippen molar-refractivity contribution in [1.29, 1.82) is 0 Å². The van der Waals surface area contributed by atoms with E-state index in [0.29, 0.717) is 39.2 Å². The number of amides is 2. The SMILES string of the molecule is CCN1CCOc2ccccc2CCCCC2(CCN(C(=O)Cc3csc(C)n3)CC2)C1=O. The molecule has 1 spiro atoms. The van der Waals surface area contributed by atoms with Crippen LogP contribution in [-0.4, -0.2) is 59.4 Å². The Morgan fingerprint density at radius 1 is 1.15 bits per heavy atom. The number of hydrogen-bond donors (Lipinski definition) is 0. The molecule has 1 aromatic heterocycles. The van der Waals surface area contributed by atoms with Crippen LogP contribution in [-0.2, 0) is 22.4 Å². The van der Waals surface area contributed by atoms with Crippen LogP contribution in [0.4, 0.5) is 0 Å². The van der Waals surface area contributed by atoms with E-state index >= 15 is 0 Å². The molecule has 178 valence electrons. The molecule has 0 atom stereocenters. The minimum Gasteiger partial charge on any atom is -0.491 e. The fourth-order valence-corrected chi connectivity index (χ4v) is 5.76. The van der Waals surface area contributed by atoms with Gasteiger partial charge in [0.15, 0.2) is 0 Å². The molecule has 6 nitrogen and oxygen atoms in total. The minimum absolute atomic E-state index is 0.119. The largest absolute Gasteiger partial charge is 0.491 e. The normalized spacial score (nSPS) is 19.4. The number of nitrogens with zero attached hydrogens (tertiary/aromatic N) is 3. The molecule has 0 saturated carbocycles. The van der Waals surface area contributed by atoms with E-state index in [2.05, 4.69) is 17.1 Å². The summed E-state index contributed by atoms with van der Waals surface area (Å²) in [6.07, 6.45) is 5.72. The molecule has 2 aliphatic rings. The van der Waals surface area contributed by atoms with Crippen molar-refractivity contribution < 1.29 is 14.3 Å². The number of fused-ring (bicyclic) bond motifs is 1. The second-order valence-electron chi connectivity index (χ2n) is 9.24. The Morgan fingerprint density at radius 3 is 2.67 bits per heavy atom. The minimum atomic E-state index is -0.372. The first-order valence-corrected chi connectivity index (χ1v) is 13.1. The van der Waals surface area contributed by atoms with E-state index in [4.69, 9.17) is 4.74 Å². The number of para-hydroxylation sites is 1. The van der Waals surface area contributed by atoms with Gasteiger partial charge in [-0.25, -0.2) is 4.98 Å². The Balaban J connectivity index is 1.44. The van der Waals surface area contributed by atoms with Crippen molar-refractivity contribution in [3.8, 4) is 5.75 Å². The first kappa shape index (κ1) is 23.7. The average Bonchev–Trinajstić information content (AvgIpc) is 3.24. The molecule has 1 fully saturated rings. The van der Waals surface area contributed by atoms with Gasteiger partial charge in [-0.1, -0.05) is 24.6 Å². The number of thiazole rings is 1. The maximum absolute atomic E-state index is 13.7. The van der Waals surface area contributed by atoms with Gasteiger partial charge in [0, 0.05) is 25.0 Å². The predicted octanol–water partition coefficient (Wildman–Crippen LogP) is 4.26. The van der Waals surface area contributed by atoms with Gasteiger partial charge < -0.3 is 14.5 Å². The first-order valence-electron chi connectivity index (χ1n) is 12.2. The van der Waals surface area contributed by atoms with Crippen LogP contribution in [0.15, 0.2) is 29.6 Å². The van der Waals surface area contributed by atoms with Crippen LogP contribution >= 0.6 is 11.3 Å². The number of ether oxygens (including phenoxy) is 1. The highest BCUT2D eigenvalue weighted by Crippen LogP contribution is 2.39. The molecule has 4 rings (SSSR count). The standard InChI is InChI=1S/C26H35N3O3S/c1-3-28-16-17-32-23-10-5-4-8-21(23)9-6-7-11-26(25(28)31)12-14-29(15-13-26)24(30)18-22-19-33-20(2)27-22/h4-5,8,10,19H,3,6-7,9,11-18H2,1-2H3. The molecule has 0 aliphatic carbocycles. The summed E-state index contributed by atoms with van der Waals surface area (Å²) < 4.78 is 6.07. The number of aromatic nitrogens is 1. The molecule has 3 heterocycles. The average molecular weight is 470 g/mol. The molecule has 33 heavy (non-hydrogen) atoms. The van der Waals surface area contributed by atoms with Crippen LogP contribution in [0.25, 0.3) is 0 Å². The number of carbonyl (C=O) groups is 2. The van der Waals surface area contributed by atoms with Crippen molar-refractivity contribution in [3.05, 3.63) is 45.9 Å². The van der Waals surface area contributed by atoms with E-state index in [1.807, 2.05) is 41.2 Å². The van der Waals surface area contributed by atoms with E-state index in [1.165, 1.54) is 5.56 Å². The molecular formula is C26H35N3O3S. The fourth-order valence-electron chi connectivity index (χ4n) is 5.15. The van der Waals surface area contributed by atoms with Gasteiger partial charge in [0.1, 0.15) is 12.4 Å². The Bertz CT molecular complexity index is 965. The van der Waals surface area contributed by atoms with E-state index in [1.54, 1.807) is 11.3 Å². The van der Waals surface area contributed by atoms with Crippen LogP contribution in [0.2, 0.25) is 0 Å². The summed E-state index contributed by atoms with van der Waals surface area (Å²) in [4.78, 5) is 34.9. The summed E-state index contributed by atoms with van der Waals surface area (Å²) in [5.41, 5.74) is 1.73. The molecule has 1 saturated heterocycles. The van der Waals surface area contributed by atoms with Gasteiger partial charge in [0.25, 0.3) is 0 Å². The Hall–Kier alpha value is -2.41. The molecule has 1 aromatic carbocycles. The summed E-state index contributed by atoms with van der Waals surface area (Å²) in [5.74, 6) is 1.30. The number of aryl methyl sites for hydroxylation is 2. The lowest BCUT2D eigenvalue weighted by Crippen LogP contribution is -2.52. The van der Waals surface area contributed by atoms with Gasteiger partial charge in [-0.05, 0) is 57.6 Å². The Morgan fingerprint density at radius 2 is 1.94 bits per heavy atom. The van der Waals surface area contributed by atoms with Crippen molar-refractivity contribution in [2.45, 2.75) is 58.8 Å². The van der Waals surface area contributed by atoms with Crippen molar-refractivity contribution in [3.63, 3.8) is 0 Å². The molecule has 2 aromatic rings. The van der Waals surface area contributed by atoms with Gasteiger partial charge >= 0.3 is 0 Å². The number of rotatable bonds is 3. The maximum Gasteiger partial charge on any atom is 0.229 e. The van der Waals surface area contributed by atoms with Gasteiger partial charge in [0.2, 0.25) is 11.8 Å². The molecular weight excluding hydrogens is 434 g/mol. The monoisotopic (exact) mass is 469 g/mol. The third kappa shape index (κ3) is 5.57. The zero-order chi connectivity index (χ0) is 23.3. The Kier molecular flexibility index (Phi) is 7.68. The van der Waals surface area contributed by atoms with Crippen molar-refractivity contribution in [2.75, 3.05) is 32.8 Å². The van der Waals surface area contributed by atoms with Crippen molar-refractivity contribution in [2.24, 2.45) is 5.41 Å². The highest BCUT2D eigenvalue weighted by Gasteiger charge is 2.43. The molecule has 0 unspecified atom stereocenters. The lowest BCUT2D eigenvalue weighted by atomic mass is 9.73. The quantitative estimate of drug-likeness (QED) is 0.674. The van der Waals surface area contributed by atoms with E-state index in [9.17, 15) is 9.59 Å². The summed E-state index contributed by atoms with van der Waals surface area (Å²) in [6.45, 7) is 7.07. The van der Waals surface area contributed by atoms with Crippen molar-refractivity contribution in [1.82, 2.24) is 14.8 Å². The predicted molar refractivity (Wildman–Crippen MR) is 131 cm³/mol. The molecule has 2 amide bonds. The topological polar surface area (TPSA) is 62.7 Å². The van der Waals surface area contributed by atoms with Crippen LogP contribution in [0.3, 0.4) is 0 Å². The lowest BCUT2D eigenvalue weighted by Gasteiger charge is -2.43. The number of carbonyl (C=O) groups excluding carboxylic acids is 2. The van der Waals surface area contributed by atoms with Crippen LogP contribution < -0.4 is 4.74 Å². The van der Waals surface area contributed by atoms with E-state index in [0.717, 1.165) is 55.0 Å². The van der Waals surface area contributed by atoms with Gasteiger partial charge in [-0.2, -0.15) is 0 Å². The second kappa shape index (κ2) is 10.7. The first-order chi connectivity index (χ1) is 16.0. The number of piperidine rings is 1. The third-order valence-corrected chi connectivity index (χ3v) is 7.96. The molecule has 0 radical (unpaired) electrons. The summed E-state index contributed by atoms with van der Waals surface area (Å²) in [7, 11) is 0. The van der Waals surface area contributed by atoms with Gasteiger partial charge in [0.05, 0.1) is 29.1 Å². The zero-order valence-corrected chi connectivity index (χ0v) is 20.7. The summed E-state index contributed by atoms with van der Waals surface area (Å²) in [5, 5.41) is 2.95. The fraction of sp³-hybridized carbons (Fsp3) is 0.577. The third-order valence-electron chi connectivity index (χ3n) is 7.14. The van der Waals surface area contributed by atoms with Crippen LogP contribution in [0.5, 0.6) is 5.75 Å².